The van der Waals surface area contributed by atoms with Crippen molar-refractivity contribution in [3.63, 3.8) is 0 Å². The second kappa shape index (κ2) is 8.57. The molecule has 5 nitrogen and oxygen atoms in total. The number of anilines is 1. The van der Waals surface area contributed by atoms with E-state index >= 15 is 0 Å². The molecule has 3 aromatic rings. The highest BCUT2D eigenvalue weighted by Gasteiger charge is 2.21. The number of hydrogen-bond acceptors (Lipinski definition) is 3. The van der Waals surface area contributed by atoms with Gasteiger partial charge in [-0.15, -0.1) is 0 Å². The van der Waals surface area contributed by atoms with Crippen LogP contribution in [0.1, 0.15) is 11.6 Å². The molecule has 0 spiro atoms. The van der Waals surface area contributed by atoms with Crippen LogP contribution in [0.3, 0.4) is 0 Å². The standard InChI is InChI=1S/C20H20Cl2N4O/c1-25(2)18(15-10-6-7-11-16(15)21)13-23-17-12-24-26(20(27)19(17)22)14-8-4-3-5-9-14/h3-12,18,23H,13H2,1-2H3/p+1/t18-/m0/s1. The number of nitrogens with one attached hydrogen (secondary N) is 2. The fraction of sp³-hybridized carbons (Fsp3) is 0.200. The second-order valence-electron chi connectivity index (χ2n) is 6.46. The number of para-hydroxylation sites is 1. The summed E-state index contributed by atoms with van der Waals surface area (Å²) in [4.78, 5) is 13.8. The molecular weight excluding hydrogens is 383 g/mol. The van der Waals surface area contributed by atoms with Gasteiger partial charge in [0.1, 0.15) is 11.1 Å². The zero-order chi connectivity index (χ0) is 19.4. The van der Waals surface area contributed by atoms with Crippen LogP contribution in [0.2, 0.25) is 10.0 Å². The quantitative estimate of drug-likeness (QED) is 0.665. The molecule has 140 valence electrons. The van der Waals surface area contributed by atoms with E-state index in [2.05, 4.69) is 24.5 Å². The summed E-state index contributed by atoms with van der Waals surface area (Å²) in [6.07, 6.45) is 1.57. The van der Waals surface area contributed by atoms with E-state index in [9.17, 15) is 4.79 Å². The van der Waals surface area contributed by atoms with Gasteiger partial charge >= 0.3 is 0 Å². The van der Waals surface area contributed by atoms with Crippen LogP contribution in [0.25, 0.3) is 5.69 Å². The molecule has 1 heterocycles. The molecule has 1 aromatic heterocycles. The molecule has 0 amide bonds. The molecule has 0 saturated carbocycles. The fourth-order valence-corrected chi connectivity index (χ4v) is 3.37. The lowest BCUT2D eigenvalue weighted by Crippen LogP contribution is -3.06. The Bertz CT molecular complexity index is 973. The third-order valence-corrected chi connectivity index (χ3v) is 5.10. The molecule has 3 rings (SSSR count). The SMILES string of the molecule is C[NH+](C)[C@@H](CNc1cnn(-c2ccccc2)c(=O)c1Cl)c1ccccc1Cl. The lowest BCUT2D eigenvalue weighted by atomic mass is 10.1. The Labute approximate surface area is 168 Å². The molecule has 2 aromatic carbocycles. The van der Waals surface area contributed by atoms with Crippen LogP contribution in [0, 0.1) is 0 Å². The van der Waals surface area contributed by atoms with E-state index < -0.39 is 0 Å². The number of benzene rings is 2. The second-order valence-corrected chi connectivity index (χ2v) is 7.24. The maximum atomic E-state index is 12.6. The molecule has 1 atom stereocenters. The first-order valence-electron chi connectivity index (χ1n) is 8.60. The van der Waals surface area contributed by atoms with Gasteiger partial charge in [-0.05, 0) is 18.2 Å². The van der Waals surface area contributed by atoms with Gasteiger partial charge in [0.2, 0.25) is 0 Å². The van der Waals surface area contributed by atoms with Crippen molar-refractivity contribution in [3.8, 4) is 5.69 Å². The van der Waals surface area contributed by atoms with Crippen LogP contribution < -0.4 is 15.8 Å². The summed E-state index contributed by atoms with van der Waals surface area (Å²) in [5.74, 6) is 0. The maximum absolute atomic E-state index is 12.6. The van der Waals surface area contributed by atoms with E-state index in [4.69, 9.17) is 23.2 Å². The summed E-state index contributed by atoms with van der Waals surface area (Å²) in [6.45, 7) is 0.558. The monoisotopic (exact) mass is 403 g/mol. The summed E-state index contributed by atoms with van der Waals surface area (Å²) >= 11 is 12.7. The van der Waals surface area contributed by atoms with Crippen molar-refractivity contribution in [1.29, 1.82) is 0 Å². The average molecular weight is 404 g/mol. The van der Waals surface area contributed by atoms with Crippen LogP contribution in [-0.2, 0) is 0 Å². The van der Waals surface area contributed by atoms with Crippen LogP contribution >= 0.6 is 23.2 Å². The van der Waals surface area contributed by atoms with Crippen LogP contribution in [0.4, 0.5) is 5.69 Å². The molecule has 0 aliphatic rings. The molecular formula is C20H21Cl2N4O+. The first kappa shape index (κ1) is 19.4. The van der Waals surface area contributed by atoms with Gasteiger partial charge in [-0.3, -0.25) is 4.79 Å². The van der Waals surface area contributed by atoms with Crippen LogP contribution in [0.5, 0.6) is 0 Å². The Morgan fingerprint density at radius 3 is 2.41 bits per heavy atom. The normalized spacial score (nSPS) is 12.2. The van der Waals surface area contributed by atoms with Gasteiger partial charge < -0.3 is 10.2 Å². The predicted molar refractivity (Wildman–Crippen MR) is 110 cm³/mol. The van der Waals surface area contributed by atoms with E-state index in [1.165, 1.54) is 9.58 Å². The third-order valence-electron chi connectivity index (χ3n) is 4.39. The van der Waals surface area contributed by atoms with Gasteiger partial charge in [0.05, 0.1) is 38.2 Å². The largest absolute Gasteiger partial charge is 0.376 e. The highest BCUT2D eigenvalue weighted by molar-refractivity contribution is 6.33. The van der Waals surface area contributed by atoms with Gasteiger partial charge in [-0.2, -0.15) is 9.78 Å². The molecule has 0 unspecified atom stereocenters. The number of likely N-dealkylation sites (N-methyl/N-ethyl adjacent to an activating group) is 1. The number of halogens is 2. The fourth-order valence-electron chi connectivity index (χ4n) is 2.90. The summed E-state index contributed by atoms with van der Waals surface area (Å²) in [5.41, 5.74) is 1.85. The highest BCUT2D eigenvalue weighted by Crippen LogP contribution is 2.22. The Morgan fingerprint density at radius 2 is 1.74 bits per heavy atom. The minimum absolute atomic E-state index is 0.0892. The molecule has 27 heavy (non-hydrogen) atoms. The molecule has 0 radical (unpaired) electrons. The summed E-state index contributed by atoms with van der Waals surface area (Å²) in [5, 5.41) is 8.33. The minimum atomic E-state index is -0.362. The number of rotatable bonds is 6. The molecule has 0 bridgehead atoms. The smallest absolute Gasteiger partial charge is 0.292 e. The van der Waals surface area contributed by atoms with E-state index in [0.29, 0.717) is 22.9 Å². The van der Waals surface area contributed by atoms with Crippen molar-refractivity contribution in [2.45, 2.75) is 6.04 Å². The molecule has 0 aliphatic carbocycles. The topological polar surface area (TPSA) is 51.4 Å². The van der Waals surface area contributed by atoms with Crippen molar-refractivity contribution in [3.05, 3.63) is 86.8 Å². The van der Waals surface area contributed by atoms with E-state index in [1.807, 2.05) is 42.5 Å². The van der Waals surface area contributed by atoms with Gasteiger partial charge in [-0.1, -0.05) is 59.6 Å². The van der Waals surface area contributed by atoms with Crippen LogP contribution in [0.15, 0.2) is 65.6 Å². The van der Waals surface area contributed by atoms with Gasteiger partial charge in [0, 0.05) is 10.6 Å². The van der Waals surface area contributed by atoms with Crippen molar-refractivity contribution >= 4 is 28.9 Å². The maximum Gasteiger partial charge on any atom is 0.292 e. The Balaban J connectivity index is 1.84. The van der Waals surface area contributed by atoms with Crippen LogP contribution in [-0.4, -0.2) is 30.4 Å². The zero-order valence-corrected chi connectivity index (χ0v) is 16.6. The summed E-state index contributed by atoms with van der Waals surface area (Å²) in [7, 11) is 4.12. The number of hydrogen-bond donors (Lipinski definition) is 2. The lowest BCUT2D eigenvalue weighted by Gasteiger charge is -2.23. The van der Waals surface area contributed by atoms with Crippen molar-refractivity contribution in [2.75, 3.05) is 26.0 Å². The highest BCUT2D eigenvalue weighted by atomic mass is 35.5. The van der Waals surface area contributed by atoms with Crippen molar-refractivity contribution < 1.29 is 4.90 Å². The number of nitrogens with zero attached hydrogens (tertiary/aromatic N) is 2. The Kier molecular flexibility index (Phi) is 6.16. The van der Waals surface area contributed by atoms with Gasteiger partial charge in [-0.25, -0.2) is 0 Å². The van der Waals surface area contributed by atoms with Crippen molar-refractivity contribution in [1.82, 2.24) is 9.78 Å². The average Bonchev–Trinajstić information content (AvgIpc) is 2.67. The molecule has 0 fully saturated rings. The predicted octanol–water partition coefficient (Wildman–Crippen LogP) is 2.84. The van der Waals surface area contributed by atoms with Gasteiger partial charge in [0.25, 0.3) is 5.56 Å². The zero-order valence-electron chi connectivity index (χ0n) is 15.1. The van der Waals surface area contributed by atoms with E-state index in [0.717, 1.165) is 5.56 Å². The molecule has 0 aliphatic heterocycles. The summed E-state index contributed by atoms with van der Waals surface area (Å²) < 4.78 is 1.29. The Hall–Kier alpha value is -2.34. The third kappa shape index (κ3) is 4.33. The first-order valence-corrected chi connectivity index (χ1v) is 9.36. The lowest BCUT2D eigenvalue weighted by molar-refractivity contribution is -0.890. The first-order chi connectivity index (χ1) is 13.0. The minimum Gasteiger partial charge on any atom is -0.376 e. The van der Waals surface area contributed by atoms with Gasteiger partial charge in [0.15, 0.2) is 0 Å². The van der Waals surface area contributed by atoms with Crippen molar-refractivity contribution in [2.24, 2.45) is 0 Å². The molecule has 2 N–H and O–H groups in total. The number of aromatic nitrogens is 2. The van der Waals surface area contributed by atoms with E-state index in [-0.39, 0.29) is 16.6 Å². The Morgan fingerprint density at radius 1 is 1.07 bits per heavy atom. The molecule has 7 heteroatoms. The van der Waals surface area contributed by atoms with E-state index in [1.54, 1.807) is 18.3 Å². The number of quaternary nitrogens is 1. The summed E-state index contributed by atoms with van der Waals surface area (Å²) in [6, 6.07) is 17.0. The molecule has 0 saturated heterocycles.